The number of likely N-dealkylation sites (tertiary alicyclic amines) is 1. The van der Waals surface area contributed by atoms with Gasteiger partial charge in [-0.05, 0) is 43.5 Å². The van der Waals surface area contributed by atoms with Crippen LogP contribution >= 0.6 is 0 Å². The number of carbonyl (C=O) groups is 1. The highest BCUT2D eigenvalue weighted by Crippen LogP contribution is 2.18. The summed E-state index contributed by atoms with van der Waals surface area (Å²) in [5.74, 6) is 0.568. The zero-order valence-corrected chi connectivity index (χ0v) is 11.6. The van der Waals surface area contributed by atoms with Crippen LogP contribution in [-0.2, 0) is 4.79 Å². The van der Waals surface area contributed by atoms with Crippen LogP contribution in [0.3, 0.4) is 0 Å². The molecule has 20 heavy (non-hydrogen) atoms. The Labute approximate surface area is 119 Å². The average molecular weight is 270 g/mol. The molecular formula is C16H18N2O2. The van der Waals surface area contributed by atoms with Gasteiger partial charge in [-0.2, -0.15) is 5.26 Å². The molecule has 0 aromatic heterocycles. The maximum Gasteiger partial charge on any atom is 0.264 e. The van der Waals surface area contributed by atoms with Crippen molar-refractivity contribution in [2.75, 3.05) is 19.7 Å². The third kappa shape index (κ3) is 3.39. The third-order valence-corrected chi connectivity index (χ3v) is 3.22. The molecule has 0 atom stereocenters. The van der Waals surface area contributed by atoms with E-state index in [4.69, 9.17) is 4.74 Å². The molecule has 1 aromatic carbocycles. The third-order valence-electron chi connectivity index (χ3n) is 3.22. The minimum absolute atomic E-state index is 0.174. The van der Waals surface area contributed by atoms with Gasteiger partial charge < -0.3 is 9.64 Å². The van der Waals surface area contributed by atoms with Crippen LogP contribution in [0, 0.1) is 11.3 Å². The van der Waals surface area contributed by atoms with Crippen molar-refractivity contribution >= 4 is 12.0 Å². The Bertz CT molecular complexity index is 552. The number of nitrogens with zero attached hydrogens (tertiary/aromatic N) is 2. The van der Waals surface area contributed by atoms with Crippen LogP contribution < -0.4 is 4.74 Å². The van der Waals surface area contributed by atoms with E-state index in [1.54, 1.807) is 11.0 Å². The lowest BCUT2D eigenvalue weighted by atomic mass is 10.1. The fraction of sp³-hybridized carbons (Fsp3) is 0.375. The van der Waals surface area contributed by atoms with Crippen LogP contribution in [0.25, 0.3) is 6.08 Å². The maximum atomic E-state index is 12.2. The van der Waals surface area contributed by atoms with Crippen molar-refractivity contribution in [3.05, 3.63) is 35.4 Å². The van der Waals surface area contributed by atoms with Gasteiger partial charge in [-0.25, -0.2) is 0 Å². The summed E-state index contributed by atoms with van der Waals surface area (Å²) in [6, 6.07) is 9.41. The summed E-state index contributed by atoms with van der Waals surface area (Å²) >= 11 is 0. The molecule has 0 saturated carbocycles. The normalized spacial score (nSPS) is 15.0. The number of carbonyl (C=O) groups excluding carboxylic acids is 1. The van der Waals surface area contributed by atoms with Crippen molar-refractivity contribution in [2.45, 2.75) is 19.8 Å². The van der Waals surface area contributed by atoms with E-state index in [2.05, 4.69) is 0 Å². The first-order chi connectivity index (χ1) is 9.74. The van der Waals surface area contributed by atoms with E-state index in [-0.39, 0.29) is 11.5 Å². The molecule has 0 spiro atoms. The molecule has 0 bridgehead atoms. The van der Waals surface area contributed by atoms with Crippen LogP contribution in [0.4, 0.5) is 0 Å². The van der Waals surface area contributed by atoms with Gasteiger partial charge in [-0.15, -0.1) is 0 Å². The van der Waals surface area contributed by atoms with Gasteiger partial charge in [0.25, 0.3) is 5.91 Å². The summed E-state index contributed by atoms with van der Waals surface area (Å²) in [5, 5.41) is 9.19. The number of hydrogen-bond donors (Lipinski definition) is 0. The summed E-state index contributed by atoms with van der Waals surface area (Å²) in [7, 11) is 0. The van der Waals surface area contributed by atoms with Crippen molar-refractivity contribution in [2.24, 2.45) is 0 Å². The Kier molecular flexibility index (Phi) is 4.78. The molecule has 4 heteroatoms. The van der Waals surface area contributed by atoms with Gasteiger partial charge in [0.15, 0.2) is 0 Å². The van der Waals surface area contributed by atoms with E-state index in [1.165, 1.54) is 0 Å². The SMILES string of the molecule is CCOc1cccc(/C=C(\C#N)C(=O)N2CCCC2)c1. The van der Waals surface area contributed by atoms with E-state index in [0.29, 0.717) is 6.61 Å². The summed E-state index contributed by atoms with van der Waals surface area (Å²) in [6.45, 7) is 4.00. The quantitative estimate of drug-likeness (QED) is 0.624. The fourth-order valence-corrected chi connectivity index (χ4v) is 2.26. The predicted octanol–water partition coefficient (Wildman–Crippen LogP) is 2.61. The second-order valence-corrected chi connectivity index (χ2v) is 4.67. The molecule has 0 radical (unpaired) electrons. The Morgan fingerprint density at radius 1 is 1.45 bits per heavy atom. The summed E-state index contributed by atoms with van der Waals surface area (Å²) in [6.07, 6.45) is 3.66. The van der Waals surface area contributed by atoms with Crippen LogP contribution in [0.2, 0.25) is 0 Å². The summed E-state index contributed by atoms with van der Waals surface area (Å²) in [5.41, 5.74) is 0.987. The number of ether oxygens (including phenoxy) is 1. The van der Waals surface area contributed by atoms with Crippen molar-refractivity contribution in [1.82, 2.24) is 4.90 Å². The molecule has 1 heterocycles. The van der Waals surface area contributed by atoms with Gasteiger partial charge in [0, 0.05) is 13.1 Å². The first-order valence-electron chi connectivity index (χ1n) is 6.88. The van der Waals surface area contributed by atoms with Gasteiger partial charge in [0.1, 0.15) is 17.4 Å². The van der Waals surface area contributed by atoms with Gasteiger partial charge in [-0.3, -0.25) is 4.79 Å². The van der Waals surface area contributed by atoms with Crippen LogP contribution in [0.15, 0.2) is 29.8 Å². The number of rotatable bonds is 4. The zero-order chi connectivity index (χ0) is 14.4. The Balaban J connectivity index is 2.20. The van der Waals surface area contributed by atoms with E-state index in [0.717, 1.165) is 37.2 Å². The van der Waals surface area contributed by atoms with Crippen LogP contribution in [0.5, 0.6) is 5.75 Å². The summed E-state index contributed by atoms with van der Waals surface area (Å²) in [4.78, 5) is 13.9. The van der Waals surface area contributed by atoms with E-state index in [1.807, 2.05) is 37.3 Å². The van der Waals surface area contributed by atoms with Crippen molar-refractivity contribution in [1.29, 1.82) is 5.26 Å². The van der Waals surface area contributed by atoms with Gasteiger partial charge in [-0.1, -0.05) is 12.1 Å². The van der Waals surface area contributed by atoms with Gasteiger partial charge in [0.05, 0.1) is 6.61 Å². The molecule has 4 nitrogen and oxygen atoms in total. The highest BCUT2D eigenvalue weighted by atomic mass is 16.5. The number of benzene rings is 1. The first-order valence-corrected chi connectivity index (χ1v) is 6.88. The van der Waals surface area contributed by atoms with E-state index >= 15 is 0 Å². The monoisotopic (exact) mass is 270 g/mol. The molecule has 0 N–H and O–H groups in total. The van der Waals surface area contributed by atoms with Crippen molar-refractivity contribution < 1.29 is 9.53 Å². The fourth-order valence-electron chi connectivity index (χ4n) is 2.26. The lowest BCUT2D eigenvalue weighted by Gasteiger charge is -2.14. The number of amides is 1. The molecule has 1 aliphatic heterocycles. The minimum atomic E-state index is -0.174. The van der Waals surface area contributed by atoms with Gasteiger partial charge >= 0.3 is 0 Å². The lowest BCUT2D eigenvalue weighted by Crippen LogP contribution is -2.28. The predicted molar refractivity (Wildman–Crippen MR) is 77.0 cm³/mol. The summed E-state index contributed by atoms with van der Waals surface area (Å²) < 4.78 is 5.41. The number of nitriles is 1. The smallest absolute Gasteiger partial charge is 0.264 e. The lowest BCUT2D eigenvalue weighted by molar-refractivity contribution is -0.125. The van der Waals surface area contributed by atoms with Crippen molar-refractivity contribution in [3.8, 4) is 11.8 Å². The molecule has 104 valence electrons. The molecule has 0 unspecified atom stereocenters. The minimum Gasteiger partial charge on any atom is -0.494 e. The van der Waals surface area contributed by atoms with E-state index in [9.17, 15) is 10.1 Å². The zero-order valence-electron chi connectivity index (χ0n) is 11.6. The molecular weight excluding hydrogens is 252 g/mol. The Morgan fingerprint density at radius 3 is 2.85 bits per heavy atom. The molecule has 1 saturated heterocycles. The Morgan fingerprint density at radius 2 is 2.20 bits per heavy atom. The topological polar surface area (TPSA) is 53.3 Å². The van der Waals surface area contributed by atoms with Crippen molar-refractivity contribution in [3.63, 3.8) is 0 Å². The highest BCUT2D eigenvalue weighted by molar-refractivity contribution is 6.01. The Hall–Kier alpha value is -2.28. The largest absolute Gasteiger partial charge is 0.494 e. The maximum absolute atomic E-state index is 12.2. The van der Waals surface area contributed by atoms with Crippen LogP contribution in [-0.4, -0.2) is 30.5 Å². The highest BCUT2D eigenvalue weighted by Gasteiger charge is 2.21. The molecule has 1 amide bonds. The number of hydrogen-bond acceptors (Lipinski definition) is 3. The molecule has 2 rings (SSSR count). The standard InChI is InChI=1S/C16H18N2O2/c1-2-20-15-7-5-6-13(11-15)10-14(12-17)16(19)18-8-3-4-9-18/h5-7,10-11H,2-4,8-9H2,1H3/b14-10+. The van der Waals surface area contributed by atoms with E-state index < -0.39 is 0 Å². The molecule has 0 aliphatic carbocycles. The van der Waals surface area contributed by atoms with Crippen LogP contribution in [0.1, 0.15) is 25.3 Å². The molecule has 1 fully saturated rings. The second kappa shape index (κ2) is 6.76. The first kappa shape index (κ1) is 14.1. The molecule has 1 aliphatic rings. The second-order valence-electron chi connectivity index (χ2n) is 4.67. The molecule has 1 aromatic rings. The average Bonchev–Trinajstić information content (AvgIpc) is 2.99. The van der Waals surface area contributed by atoms with Gasteiger partial charge in [0.2, 0.25) is 0 Å².